The summed E-state index contributed by atoms with van der Waals surface area (Å²) in [6.07, 6.45) is 3.91. The zero-order valence-electron chi connectivity index (χ0n) is 14.3. The normalized spacial score (nSPS) is 25.5. The van der Waals surface area contributed by atoms with E-state index >= 15 is 0 Å². The van der Waals surface area contributed by atoms with Gasteiger partial charge in [-0.3, -0.25) is 0 Å². The minimum absolute atomic E-state index is 0.176. The van der Waals surface area contributed by atoms with E-state index < -0.39 is 0 Å². The summed E-state index contributed by atoms with van der Waals surface area (Å²) in [6.45, 7) is 12.9. The maximum atomic E-state index is 5.57. The summed E-state index contributed by atoms with van der Waals surface area (Å²) >= 11 is 0. The van der Waals surface area contributed by atoms with Gasteiger partial charge in [0.25, 0.3) is 0 Å². The Morgan fingerprint density at radius 1 is 1.14 bits per heavy atom. The maximum Gasteiger partial charge on any atom is 0.119 e. The van der Waals surface area contributed by atoms with Gasteiger partial charge in [0.15, 0.2) is 0 Å². The number of hydrogen-bond acceptors (Lipinski definition) is 2. The first-order valence-electron chi connectivity index (χ1n) is 8.37. The van der Waals surface area contributed by atoms with Crippen LogP contribution in [0.15, 0.2) is 24.3 Å². The zero-order chi connectivity index (χ0) is 15.5. The summed E-state index contributed by atoms with van der Waals surface area (Å²) in [5, 5.41) is 3.72. The van der Waals surface area contributed by atoms with Crippen LogP contribution >= 0.6 is 0 Å². The van der Waals surface area contributed by atoms with E-state index in [0.29, 0.717) is 5.41 Å². The molecule has 118 valence electrons. The van der Waals surface area contributed by atoms with Crippen molar-refractivity contribution in [2.24, 2.45) is 5.92 Å². The van der Waals surface area contributed by atoms with Crippen molar-refractivity contribution in [1.82, 2.24) is 5.32 Å². The number of ether oxygens (including phenoxy) is 1. The summed E-state index contributed by atoms with van der Waals surface area (Å²) in [5.74, 6) is 1.87. The van der Waals surface area contributed by atoms with Gasteiger partial charge in [-0.1, -0.05) is 25.5 Å². The van der Waals surface area contributed by atoms with Crippen LogP contribution in [0.4, 0.5) is 0 Å². The highest BCUT2D eigenvalue weighted by Crippen LogP contribution is 2.49. The Balaban J connectivity index is 2.12. The van der Waals surface area contributed by atoms with Gasteiger partial charge in [-0.05, 0) is 64.2 Å². The van der Waals surface area contributed by atoms with Gasteiger partial charge >= 0.3 is 0 Å². The van der Waals surface area contributed by atoms with Gasteiger partial charge in [-0.15, -0.1) is 0 Å². The zero-order valence-corrected chi connectivity index (χ0v) is 14.3. The average Bonchev–Trinajstić information content (AvgIpc) is 2.38. The fourth-order valence-corrected chi connectivity index (χ4v) is 3.32. The highest BCUT2D eigenvalue weighted by Gasteiger charge is 2.44. The van der Waals surface area contributed by atoms with Crippen molar-refractivity contribution in [2.45, 2.75) is 64.8 Å². The average molecular weight is 289 g/mol. The lowest BCUT2D eigenvalue weighted by atomic mass is 9.57. The Kier molecular flexibility index (Phi) is 4.98. The van der Waals surface area contributed by atoms with E-state index in [1.165, 1.54) is 24.8 Å². The molecule has 2 nitrogen and oxygen atoms in total. The standard InChI is InChI=1S/C19H31NO/c1-6-15-12-19(13-15,14-20-18(3,4)5)16-8-10-17(11-9-16)21-7-2/h8-11,15,20H,6-7,12-14H2,1-5H3. The van der Waals surface area contributed by atoms with E-state index in [4.69, 9.17) is 4.74 Å². The first kappa shape index (κ1) is 16.4. The van der Waals surface area contributed by atoms with E-state index in [-0.39, 0.29) is 5.54 Å². The van der Waals surface area contributed by atoms with Crippen molar-refractivity contribution < 1.29 is 4.74 Å². The van der Waals surface area contributed by atoms with Crippen LogP contribution in [0.1, 0.15) is 59.4 Å². The van der Waals surface area contributed by atoms with E-state index in [1.807, 2.05) is 6.92 Å². The largest absolute Gasteiger partial charge is 0.494 e. The van der Waals surface area contributed by atoms with Gasteiger partial charge in [0, 0.05) is 17.5 Å². The molecule has 0 atom stereocenters. The smallest absolute Gasteiger partial charge is 0.119 e. The highest BCUT2D eigenvalue weighted by molar-refractivity contribution is 5.35. The number of rotatable bonds is 6. The quantitative estimate of drug-likeness (QED) is 0.830. The molecule has 1 aromatic carbocycles. The molecule has 0 radical (unpaired) electrons. The van der Waals surface area contributed by atoms with E-state index in [9.17, 15) is 0 Å². The summed E-state index contributed by atoms with van der Waals surface area (Å²) < 4.78 is 5.57. The Morgan fingerprint density at radius 2 is 1.76 bits per heavy atom. The minimum atomic E-state index is 0.176. The molecule has 1 aliphatic carbocycles. The van der Waals surface area contributed by atoms with E-state index in [0.717, 1.165) is 24.8 Å². The minimum Gasteiger partial charge on any atom is -0.494 e. The van der Waals surface area contributed by atoms with Crippen LogP contribution in [0.2, 0.25) is 0 Å². The van der Waals surface area contributed by atoms with Crippen molar-refractivity contribution in [2.75, 3.05) is 13.2 Å². The molecule has 21 heavy (non-hydrogen) atoms. The van der Waals surface area contributed by atoms with Crippen LogP contribution in [0.5, 0.6) is 5.75 Å². The second kappa shape index (κ2) is 6.39. The van der Waals surface area contributed by atoms with Crippen LogP contribution in [0.3, 0.4) is 0 Å². The molecular formula is C19H31NO. The molecule has 0 amide bonds. The Bertz CT molecular complexity index is 438. The summed E-state index contributed by atoms with van der Waals surface area (Å²) in [5.41, 5.74) is 1.96. The van der Waals surface area contributed by atoms with E-state index in [2.05, 4.69) is 57.3 Å². The summed E-state index contributed by atoms with van der Waals surface area (Å²) in [7, 11) is 0. The van der Waals surface area contributed by atoms with Gasteiger partial charge in [0.05, 0.1) is 6.61 Å². The molecular weight excluding hydrogens is 258 g/mol. The SMILES string of the molecule is CCOc1ccc(C2(CNC(C)(C)C)CC(CC)C2)cc1. The van der Waals surface area contributed by atoms with Crippen LogP contribution in [0.25, 0.3) is 0 Å². The van der Waals surface area contributed by atoms with Crippen LogP contribution in [-0.2, 0) is 5.41 Å². The Morgan fingerprint density at radius 3 is 2.24 bits per heavy atom. The number of hydrogen-bond donors (Lipinski definition) is 1. The topological polar surface area (TPSA) is 21.3 Å². The number of benzene rings is 1. The third-order valence-electron chi connectivity index (χ3n) is 4.67. The van der Waals surface area contributed by atoms with Gasteiger partial charge in [-0.25, -0.2) is 0 Å². The molecule has 1 N–H and O–H groups in total. The molecule has 0 unspecified atom stereocenters. The van der Waals surface area contributed by atoms with Gasteiger partial charge in [-0.2, -0.15) is 0 Å². The lowest BCUT2D eigenvalue weighted by Gasteiger charge is -2.49. The molecule has 1 aromatic rings. The lowest BCUT2D eigenvalue weighted by Crippen LogP contribution is -2.52. The van der Waals surface area contributed by atoms with Gasteiger partial charge < -0.3 is 10.1 Å². The van der Waals surface area contributed by atoms with Crippen LogP contribution < -0.4 is 10.1 Å². The molecule has 0 heterocycles. The molecule has 2 heteroatoms. The predicted octanol–water partition coefficient (Wildman–Crippen LogP) is 4.53. The van der Waals surface area contributed by atoms with Gasteiger partial charge in [0.2, 0.25) is 0 Å². The fraction of sp³-hybridized carbons (Fsp3) is 0.684. The second-order valence-electron chi connectivity index (χ2n) is 7.52. The fourth-order valence-electron chi connectivity index (χ4n) is 3.32. The highest BCUT2D eigenvalue weighted by atomic mass is 16.5. The van der Waals surface area contributed by atoms with Crippen molar-refractivity contribution in [1.29, 1.82) is 0 Å². The van der Waals surface area contributed by atoms with Crippen molar-refractivity contribution >= 4 is 0 Å². The summed E-state index contributed by atoms with van der Waals surface area (Å²) in [4.78, 5) is 0. The van der Waals surface area contributed by atoms with Gasteiger partial charge in [0.1, 0.15) is 5.75 Å². The summed E-state index contributed by atoms with van der Waals surface area (Å²) in [6, 6.07) is 8.77. The first-order chi connectivity index (χ1) is 9.88. The third-order valence-corrected chi connectivity index (χ3v) is 4.67. The van der Waals surface area contributed by atoms with Crippen LogP contribution in [0, 0.1) is 5.92 Å². The maximum absolute atomic E-state index is 5.57. The molecule has 1 fully saturated rings. The predicted molar refractivity (Wildman–Crippen MR) is 90.1 cm³/mol. The molecule has 0 aliphatic heterocycles. The molecule has 0 bridgehead atoms. The molecule has 1 aliphatic rings. The monoisotopic (exact) mass is 289 g/mol. The molecule has 0 aromatic heterocycles. The molecule has 1 saturated carbocycles. The molecule has 0 spiro atoms. The van der Waals surface area contributed by atoms with Crippen molar-refractivity contribution in [3.8, 4) is 5.75 Å². The first-order valence-corrected chi connectivity index (χ1v) is 8.37. The molecule has 0 saturated heterocycles. The second-order valence-corrected chi connectivity index (χ2v) is 7.52. The Labute approximate surface area is 130 Å². The van der Waals surface area contributed by atoms with Crippen molar-refractivity contribution in [3.05, 3.63) is 29.8 Å². The Hall–Kier alpha value is -1.02. The van der Waals surface area contributed by atoms with E-state index in [1.54, 1.807) is 0 Å². The molecule has 2 rings (SSSR count). The van der Waals surface area contributed by atoms with Crippen molar-refractivity contribution in [3.63, 3.8) is 0 Å². The number of nitrogens with one attached hydrogen (secondary N) is 1. The van der Waals surface area contributed by atoms with Crippen LogP contribution in [-0.4, -0.2) is 18.7 Å². The third kappa shape index (κ3) is 4.00. The lowest BCUT2D eigenvalue weighted by molar-refractivity contribution is 0.124.